The number of hydrogen-bond acceptors (Lipinski definition) is 4. The minimum Gasteiger partial charge on any atom is -0.409 e. The normalized spacial score (nSPS) is 11.9. The highest BCUT2D eigenvalue weighted by molar-refractivity contribution is 7.17. The summed E-state index contributed by atoms with van der Waals surface area (Å²) in [6, 6.07) is 8.44. The molecule has 0 amide bonds. The van der Waals surface area contributed by atoms with Crippen molar-refractivity contribution in [1.82, 2.24) is 0 Å². The Hall–Kier alpha value is -1.75. The Morgan fingerprint density at radius 2 is 2.29 bits per heavy atom. The quantitative estimate of drug-likeness (QED) is 0.251. The van der Waals surface area contributed by atoms with Crippen molar-refractivity contribution in [3.63, 3.8) is 0 Å². The molecule has 0 aliphatic carbocycles. The molecule has 0 aliphatic rings. The van der Waals surface area contributed by atoms with Gasteiger partial charge in [0.25, 0.3) is 0 Å². The van der Waals surface area contributed by atoms with Crippen LogP contribution < -0.4 is 11.1 Å². The van der Waals surface area contributed by atoms with Crippen molar-refractivity contribution in [2.24, 2.45) is 10.9 Å². The van der Waals surface area contributed by atoms with Gasteiger partial charge in [0.05, 0.1) is 0 Å². The number of nitrogens with two attached hydrogens (primary N) is 1. The maximum atomic E-state index is 8.39. The van der Waals surface area contributed by atoms with Crippen LogP contribution in [0.25, 0.3) is 10.1 Å². The molecule has 2 rings (SSSR count). The van der Waals surface area contributed by atoms with Gasteiger partial charge < -0.3 is 16.3 Å². The lowest BCUT2D eigenvalue weighted by molar-refractivity contribution is 0.316. The third-order valence-corrected chi connectivity index (χ3v) is 3.42. The summed E-state index contributed by atoms with van der Waals surface area (Å²) >= 11 is 1.74. The largest absolute Gasteiger partial charge is 0.409 e. The Morgan fingerprint density at radius 1 is 1.41 bits per heavy atom. The van der Waals surface area contributed by atoms with Gasteiger partial charge in [0.15, 0.2) is 0 Å². The van der Waals surface area contributed by atoms with Crippen LogP contribution in [-0.4, -0.2) is 17.6 Å². The number of anilines is 1. The predicted molar refractivity (Wildman–Crippen MR) is 73.0 cm³/mol. The van der Waals surface area contributed by atoms with Crippen molar-refractivity contribution in [1.29, 1.82) is 0 Å². The van der Waals surface area contributed by atoms with Gasteiger partial charge in [-0.3, -0.25) is 0 Å². The summed E-state index contributed by atoms with van der Waals surface area (Å²) in [5, 5.41) is 18.0. The van der Waals surface area contributed by atoms with Crippen LogP contribution in [0.2, 0.25) is 0 Å². The Bertz CT molecular complexity index is 521. The lowest BCUT2D eigenvalue weighted by Crippen LogP contribution is -2.13. The molecule has 0 radical (unpaired) electrons. The third kappa shape index (κ3) is 3.10. The number of nitrogens with one attached hydrogen (secondary N) is 1. The molecule has 1 aromatic heterocycles. The van der Waals surface area contributed by atoms with Gasteiger partial charge in [0.2, 0.25) is 0 Å². The molecule has 1 heterocycles. The third-order valence-electron chi connectivity index (χ3n) is 2.52. The fourth-order valence-electron chi connectivity index (χ4n) is 1.63. The smallest absolute Gasteiger partial charge is 0.139 e. The zero-order valence-corrected chi connectivity index (χ0v) is 10.2. The maximum Gasteiger partial charge on any atom is 0.139 e. The molecule has 0 atom stereocenters. The first-order chi connectivity index (χ1) is 8.29. The van der Waals surface area contributed by atoms with E-state index in [0.717, 1.165) is 18.7 Å². The molecule has 5 heteroatoms. The Balaban J connectivity index is 1.86. The van der Waals surface area contributed by atoms with Gasteiger partial charge in [-0.1, -0.05) is 5.16 Å². The fraction of sp³-hybridized carbons (Fsp3) is 0.250. The summed E-state index contributed by atoms with van der Waals surface area (Å²) in [6.45, 7) is 0.811. The fourth-order valence-corrected chi connectivity index (χ4v) is 2.40. The molecule has 2 aromatic rings. The van der Waals surface area contributed by atoms with E-state index in [1.165, 1.54) is 10.1 Å². The van der Waals surface area contributed by atoms with Gasteiger partial charge in [-0.2, -0.15) is 0 Å². The van der Waals surface area contributed by atoms with Crippen LogP contribution in [-0.2, 0) is 0 Å². The molecule has 0 unspecified atom stereocenters. The molecule has 4 N–H and O–H groups in total. The molecular weight excluding hydrogens is 234 g/mol. The van der Waals surface area contributed by atoms with E-state index in [2.05, 4.69) is 40.1 Å². The summed E-state index contributed by atoms with van der Waals surface area (Å²) in [4.78, 5) is 0. The van der Waals surface area contributed by atoms with Crippen LogP contribution in [0, 0.1) is 0 Å². The minimum absolute atomic E-state index is 0.278. The molecule has 0 saturated carbocycles. The van der Waals surface area contributed by atoms with Crippen LogP contribution in [0.5, 0.6) is 0 Å². The number of benzene rings is 1. The summed E-state index contributed by atoms with van der Waals surface area (Å²) in [5.74, 6) is 0.278. The second kappa shape index (κ2) is 5.54. The van der Waals surface area contributed by atoms with Gasteiger partial charge in [-0.25, -0.2) is 0 Å². The first kappa shape index (κ1) is 11.7. The number of rotatable bonds is 5. The van der Waals surface area contributed by atoms with Gasteiger partial charge in [0, 0.05) is 23.4 Å². The highest BCUT2D eigenvalue weighted by Gasteiger charge is 1.98. The average molecular weight is 249 g/mol. The highest BCUT2D eigenvalue weighted by Crippen LogP contribution is 2.23. The number of nitrogens with zero attached hydrogens (tertiary/aromatic N) is 1. The van der Waals surface area contributed by atoms with E-state index in [9.17, 15) is 0 Å². The number of amidine groups is 1. The van der Waals surface area contributed by atoms with E-state index in [4.69, 9.17) is 10.9 Å². The van der Waals surface area contributed by atoms with Gasteiger partial charge >= 0.3 is 0 Å². The second-order valence-corrected chi connectivity index (χ2v) is 4.74. The number of thiophene rings is 1. The standard InChI is InChI=1S/C12H15N3OS/c13-12(15-16)2-1-6-14-10-3-4-11-9(8-10)5-7-17-11/h3-5,7-8,14,16H,1-2,6H2,(H2,13,15). The number of oxime groups is 1. The van der Waals surface area contributed by atoms with Crippen LogP contribution in [0.3, 0.4) is 0 Å². The van der Waals surface area contributed by atoms with Crippen LogP contribution >= 0.6 is 11.3 Å². The molecule has 0 spiro atoms. The Labute approximate surface area is 104 Å². The molecule has 90 valence electrons. The highest BCUT2D eigenvalue weighted by atomic mass is 32.1. The van der Waals surface area contributed by atoms with E-state index in [1.54, 1.807) is 11.3 Å². The topological polar surface area (TPSA) is 70.6 Å². The first-order valence-corrected chi connectivity index (χ1v) is 6.35. The van der Waals surface area contributed by atoms with Gasteiger partial charge in [-0.15, -0.1) is 11.3 Å². The summed E-state index contributed by atoms with van der Waals surface area (Å²) in [5.41, 5.74) is 6.49. The summed E-state index contributed by atoms with van der Waals surface area (Å²) in [7, 11) is 0. The van der Waals surface area contributed by atoms with Crippen molar-refractivity contribution in [3.05, 3.63) is 29.6 Å². The second-order valence-electron chi connectivity index (χ2n) is 3.79. The molecule has 4 nitrogen and oxygen atoms in total. The molecule has 0 saturated heterocycles. The summed E-state index contributed by atoms with van der Waals surface area (Å²) in [6.07, 6.45) is 1.45. The molecule has 0 bridgehead atoms. The zero-order chi connectivity index (χ0) is 12.1. The van der Waals surface area contributed by atoms with Crippen molar-refractivity contribution in [2.75, 3.05) is 11.9 Å². The van der Waals surface area contributed by atoms with Crippen LogP contribution in [0.15, 0.2) is 34.8 Å². The predicted octanol–water partition coefficient (Wildman–Crippen LogP) is 2.84. The average Bonchev–Trinajstić information content (AvgIpc) is 2.81. The van der Waals surface area contributed by atoms with Crippen molar-refractivity contribution < 1.29 is 5.21 Å². The first-order valence-electron chi connectivity index (χ1n) is 5.47. The Morgan fingerprint density at radius 3 is 3.12 bits per heavy atom. The SMILES string of the molecule is NC(CCCNc1ccc2sccc2c1)=NO. The molecular formula is C12H15N3OS. The summed E-state index contributed by atoms with van der Waals surface area (Å²) < 4.78 is 1.30. The van der Waals surface area contributed by atoms with Gasteiger partial charge in [-0.05, 0) is 41.5 Å². The van der Waals surface area contributed by atoms with E-state index in [1.807, 2.05) is 0 Å². The lowest BCUT2D eigenvalue weighted by atomic mass is 10.2. The zero-order valence-electron chi connectivity index (χ0n) is 9.39. The van der Waals surface area contributed by atoms with Crippen molar-refractivity contribution >= 4 is 32.9 Å². The monoisotopic (exact) mass is 249 g/mol. The lowest BCUT2D eigenvalue weighted by Gasteiger charge is -2.05. The van der Waals surface area contributed by atoms with Crippen LogP contribution in [0.1, 0.15) is 12.8 Å². The molecule has 17 heavy (non-hydrogen) atoms. The van der Waals surface area contributed by atoms with E-state index >= 15 is 0 Å². The minimum atomic E-state index is 0.278. The Kier molecular flexibility index (Phi) is 3.82. The number of fused-ring (bicyclic) bond motifs is 1. The van der Waals surface area contributed by atoms with Gasteiger partial charge in [0.1, 0.15) is 5.84 Å². The van der Waals surface area contributed by atoms with E-state index in [0.29, 0.717) is 6.42 Å². The van der Waals surface area contributed by atoms with E-state index < -0.39 is 0 Å². The van der Waals surface area contributed by atoms with Crippen molar-refractivity contribution in [3.8, 4) is 0 Å². The van der Waals surface area contributed by atoms with E-state index in [-0.39, 0.29) is 5.84 Å². The molecule has 1 aromatic carbocycles. The molecule has 0 aliphatic heterocycles. The number of hydrogen-bond donors (Lipinski definition) is 3. The van der Waals surface area contributed by atoms with Crippen molar-refractivity contribution in [2.45, 2.75) is 12.8 Å². The maximum absolute atomic E-state index is 8.39. The van der Waals surface area contributed by atoms with Crippen LogP contribution in [0.4, 0.5) is 5.69 Å². The molecule has 0 fully saturated rings.